The summed E-state index contributed by atoms with van der Waals surface area (Å²) in [5.41, 5.74) is 1.10. The molecule has 4 nitrogen and oxygen atoms in total. The number of aliphatic carboxylic acids is 1. The monoisotopic (exact) mass is 343 g/mol. The van der Waals surface area contributed by atoms with E-state index in [0.717, 1.165) is 24.9 Å². The number of carbonyl (C=O) groups is 1. The summed E-state index contributed by atoms with van der Waals surface area (Å²) in [4.78, 5) is 13.5. The van der Waals surface area contributed by atoms with Crippen LogP contribution in [-0.2, 0) is 11.3 Å². The molecule has 0 radical (unpaired) electrons. The summed E-state index contributed by atoms with van der Waals surface area (Å²) < 4.78 is 18.8. The maximum atomic E-state index is 13.2. The van der Waals surface area contributed by atoms with E-state index in [4.69, 9.17) is 4.74 Å². The number of carboxylic acids is 1. The van der Waals surface area contributed by atoms with Gasteiger partial charge in [0.2, 0.25) is 0 Å². The highest BCUT2D eigenvalue weighted by Crippen LogP contribution is 2.27. The molecule has 25 heavy (non-hydrogen) atoms. The highest BCUT2D eigenvalue weighted by Gasteiger charge is 2.32. The molecule has 1 N–H and O–H groups in total. The fourth-order valence-electron chi connectivity index (χ4n) is 3.33. The van der Waals surface area contributed by atoms with Crippen LogP contribution in [0.3, 0.4) is 0 Å². The first-order valence-corrected chi connectivity index (χ1v) is 8.52. The number of hydrogen-bond donors (Lipinski definition) is 1. The molecule has 1 saturated heterocycles. The molecular formula is C20H22FNO3. The predicted octanol–water partition coefficient (Wildman–Crippen LogP) is 4.30. The summed E-state index contributed by atoms with van der Waals surface area (Å²) in [6.45, 7) is 3.61. The van der Waals surface area contributed by atoms with E-state index < -0.39 is 5.97 Å². The molecule has 1 aliphatic rings. The second-order valence-corrected chi connectivity index (χ2v) is 6.50. The topological polar surface area (TPSA) is 49.8 Å². The molecule has 2 aromatic carbocycles. The minimum absolute atomic E-state index is 0.0227. The molecule has 132 valence electrons. The molecule has 0 saturated carbocycles. The van der Waals surface area contributed by atoms with Gasteiger partial charge in [0.15, 0.2) is 0 Å². The number of benzene rings is 2. The third-order valence-corrected chi connectivity index (χ3v) is 4.78. The average Bonchev–Trinajstić information content (AvgIpc) is 2.58. The van der Waals surface area contributed by atoms with Crippen molar-refractivity contribution in [2.45, 2.75) is 32.4 Å². The van der Waals surface area contributed by atoms with Crippen molar-refractivity contribution >= 4 is 5.97 Å². The number of carboxylic acid groups (broad SMARTS) is 1. The van der Waals surface area contributed by atoms with Crippen molar-refractivity contribution in [2.24, 2.45) is 5.92 Å². The SMILES string of the molecule is C[C@@H]1[C@H](C(=O)O)CCCN1Cc1ccc(Oc2cccc(F)c2)cc1. The molecule has 0 spiro atoms. The molecular weight excluding hydrogens is 321 g/mol. The van der Waals surface area contributed by atoms with Crippen molar-refractivity contribution in [2.75, 3.05) is 6.54 Å². The van der Waals surface area contributed by atoms with Crippen LogP contribution in [0.2, 0.25) is 0 Å². The van der Waals surface area contributed by atoms with Gasteiger partial charge in [0, 0.05) is 18.7 Å². The maximum Gasteiger partial charge on any atom is 0.308 e. The number of piperidine rings is 1. The molecule has 2 atom stereocenters. The quantitative estimate of drug-likeness (QED) is 0.879. The third kappa shape index (κ3) is 4.37. The van der Waals surface area contributed by atoms with Gasteiger partial charge in [-0.2, -0.15) is 0 Å². The van der Waals surface area contributed by atoms with Crippen molar-refractivity contribution < 1.29 is 19.0 Å². The van der Waals surface area contributed by atoms with Crippen LogP contribution in [0.15, 0.2) is 48.5 Å². The van der Waals surface area contributed by atoms with E-state index in [1.807, 2.05) is 31.2 Å². The second-order valence-electron chi connectivity index (χ2n) is 6.50. The summed E-state index contributed by atoms with van der Waals surface area (Å²) in [5.74, 6) is -0.243. The first-order valence-electron chi connectivity index (χ1n) is 8.52. The van der Waals surface area contributed by atoms with E-state index in [0.29, 0.717) is 18.0 Å². The van der Waals surface area contributed by atoms with Crippen LogP contribution in [0.5, 0.6) is 11.5 Å². The lowest BCUT2D eigenvalue weighted by Gasteiger charge is -2.37. The first-order chi connectivity index (χ1) is 12.0. The van der Waals surface area contributed by atoms with Crippen molar-refractivity contribution in [3.8, 4) is 11.5 Å². The number of hydrogen-bond acceptors (Lipinski definition) is 3. The Morgan fingerprint density at radius 2 is 2.00 bits per heavy atom. The van der Waals surface area contributed by atoms with Gasteiger partial charge in [-0.05, 0) is 56.1 Å². The number of nitrogens with zero attached hydrogens (tertiary/aromatic N) is 1. The van der Waals surface area contributed by atoms with Gasteiger partial charge in [0.1, 0.15) is 17.3 Å². The maximum absolute atomic E-state index is 13.2. The van der Waals surface area contributed by atoms with Crippen LogP contribution in [0.25, 0.3) is 0 Å². The second kappa shape index (κ2) is 7.66. The first kappa shape index (κ1) is 17.4. The van der Waals surface area contributed by atoms with Gasteiger partial charge in [-0.25, -0.2) is 4.39 Å². The molecule has 3 rings (SSSR count). The lowest BCUT2D eigenvalue weighted by atomic mass is 9.90. The van der Waals surface area contributed by atoms with Crippen molar-refractivity contribution in [3.05, 3.63) is 59.9 Å². The molecule has 0 aromatic heterocycles. The van der Waals surface area contributed by atoms with Crippen LogP contribution in [0.1, 0.15) is 25.3 Å². The van der Waals surface area contributed by atoms with Gasteiger partial charge in [0.05, 0.1) is 5.92 Å². The summed E-state index contributed by atoms with van der Waals surface area (Å²) in [6, 6.07) is 13.7. The summed E-state index contributed by atoms with van der Waals surface area (Å²) in [7, 11) is 0. The lowest BCUT2D eigenvalue weighted by molar-refractivity contribution is -0.145. The fraction of sp³-hybridized carbons (Fsp3) is 0.350. The van der Waals surface area contributed by atoms with Crippen LogP contribution < -0.4 is 4.74 Å². The van der Waals surface area contributed by atoms with Gasteiger partial charge in [-0.15, -0.1) is 0 Å². The molecule has 5 heteroatoms. The lowest BCUT2D eigenvalue weighted by Crippen LogP contribution is -2.45. The van der Waals surface area contributed by atoms with Crippen molar-refractivity contribution in [3.63, 3.8) is 0 Å². The van der Waals surface area contributed by atoms with E-state index >= 15 is 0 Å². The highest BCUT2D eigenvalue weighted by molar-refractivity contribution is 5.71. The van der Waals surface area contributed by atoms with Gasteiger partial charge in [-0.3, -0.25) is 9.69 Å². The van der Waals surface area contributed by atoms with Crippen LogP contribution in [-0.4, -0.2) is 28.6 Å². The number of halogens is 1. The van der Waals surface area contributed by atoms with E-state index in [-0.39, 0.29) is 17.8 Å². The van der Waals surface area contributed by atoms with Crippen molar-refractivity contribution in [1.82, 2.24) is 4.90 Å². The Morgan fingerprint density at radius 3 is 2.68 bits per heavy atom. The largest absolute Gasteiger partial charge is 0.481 e. The predicted molar refractivity (Wildman–Crippen MR) is 93.1 cm³/mol. The molecule has 0 bridgehead atoms. The smallest absolute Gasteiger partial charge is 0.308 e. The van der Waals surface area contributed by atoms with E-state index in [1.54, 1.807) is 12.1 Å². The third-order valence-electron chi connectivity index (χ3n) is 4.78. The average molecular weight is 343 g/mol. The Hall–Kier alpha value is -2.40. The number of ether oxygens (including phenoxy) is 1. The molecule has 0 aliphatic carbocycles. The van der Waals surface area contributed by atoms with Gasteiger partial charge in [0.25, 0.3) is 0 Å². The zero-order valence-electron chi connectivity index (χ0n) is 14.2. The van der Waals surface area contributed by atoms with Gasteiger partial charge < -0.3 is 9.84 Å². The molecule has 0 unspecified atom stereocenters. The Bertz CT molecular complexity index is 732. The van der Waals surface area contributed by atoms with Crippen molar-refractivity contribution in [1.29, 1.82) is 0 Å². The molecule has 1 aliphatic heterocycles. The Labute approximate surface area is 146 Å². The Morgan fingerprint density at radius 1 is 1.24 bits per heavy atom. The molecule has 1 fully saturated rings. The molecule has 2 aromatic rings. The van der Waals surface area contributed by atoms with Gasteiger partial charge in [-0.1, -0.05) is 18.2 Å². The van der Waals surface area contributed by atoms with E-state index in [9.17, 15) is 14.3 Å². The van der Waals surface area contributed by atoms with E-state index in [2.05, 4.69) is 4.90 Å². The fourth-order valence-corrected chi connectivity index (χ4v) is 3.33. The zero-order chi connectivity index (χ0) is 17.8. The summed E-state index contributed by atoms with van der Waals surface area (Å²) >= 11 is 0. The molecule has 0 amide bonds. The number of rotatable bonds is 5. The zero-order valence-corrected chi connectivity index (χ0v) is 14.2. The highest BCUT2D eigenvalue weighted by atomic mass is 19.1. The minimum Gasteiger partial charge on any atom is -0.481 e. The Kier molecular flexibility index (Phi) is 5.34. The van der Waals surface area contributed by atoms with E-state index in [1.165, 1.54) is 12.1 Å². The molecule has 1 heterocycles. The van der Waals surface area contributed by atoms with Crippen LogP contribution in [0, 0.1) is 11.7 Å². The summed E-state index contributed by atoms with van der Waals surface area (Å²) in [6.07, 6.45) is 1.65. The van der Waals surface area contributed by atoms with Crippen LogP contribution >= 0.6 is 0 Å². The number of likely N-dealkylation sites (tertiary alicyclic amines) is 1. The Balaban J connectivity index is 1.63. The minimum atomic E-state index is -0.712. The van der Waals surface area contributed by atoms with Gasteiger partial charge >= 0.3 is 5.97 Å². The normalized spacial score (nSPS) is 21.0. The summed E-state index contributed by atoms with van der Waals surface area (Å²) in [5, 5.41) is 9.32. The standard InChI is InChI=1S/C20H22FNO3/c1-14-19(20(23)24)6-3-11-22(14)13-15-7-9-17(10-8-15)25-18-5-2-4-16(21)12-18/h2,4-5,7-10,12,14,19H,3,6,11,13H2,1H3,(H,23,24)/t14-,19-/m1/s1. The van der Waals surface area contributed by atoms with Crippen LogP contribution in [0.4, 0.5) is 4.39 Å².